The van der Waals surface area contributed by atoms with Crippen LogP contribution in [-0.2, 0) is 4.79 Å². The first kappa shape index (κ1) is 17.2. The van der Waals surface area contributed by atoms with E-state index in [4.69, 9.17) is 13.9 Å². The van der Waals surface area contributed by atoms with E-state index in [1.807, 2.05) is 19.1 Å². The van der Waals surface area contributed by atoms with Crippen LogP contribution in [0.2, 0.25) is 0 Å². The molecule has 3 rings (SSSR count). The van der Waals surface area contributed by atoms with Crippen molar-refractivity contribution in [3.05, 3.63) is 69.0 Å². The van der Waals surface area contributed by atoms with Gasteiger partial charge in [-0.25, -0.2) is 9.59 Å². The molecule has 0 radical (unpaired) electrons. The molecular weight excluding hydrogens is 388 g/mol. The predicted molar refractivity (Wildman–Crippen MR) is 97.1 cm³/mol. The largest absolute Gasteiger partial charge is 0.479 e. The molecule has 0 saturated heterocycles. The van der Waals surface area contributed by atoms with Gasteiger partial charge in [-0.1, -0.05) is 15.9 Å². The molecule has 0 aliphatic carbocycles. The van der Waals surface area contributed by atoms with Crippen molar-refractivity contribution < 1.29 is 18.7 Å². The Morgan fingerprint density at radius 2 is 1.76 bits per heavy atom. The van der Waals surface area contributed by atoms with E-state index in [-0.39, 0.29) is 5.75 Å². The SMILES string of the molecule is Cc1cc(=O)oc2cc(OC(=O)C(C)Oc3ccc(Br)cc3)ccc12. The molecule has 0 fully saturated rings. The second-order valence-corrected chi connectivity index (χ2v) is 6.46. The van der Waals surface area contributed by atoms with Gasteiger partial charge in [-0.05, 0) is 55.8 Å². The Labute approximate surface area is 152 Å². The fraction of sp³-hybridized carbons (Fsp3) is 0.158. The second kappa shape index (κ2) is 7.11. The summed E-state index contributed by atoms with van der Waals surface area (Å²) in [4.78, 5) is 23.7. The summed E-state index contributed by atoms with van der Waals surface area (Å²) in [6, 6.07) is 13.5. The molecule has 25 heavy (non-hydrogen) atoms. The fourth-order valence-corrected chi connectivity index (χ4v) is 2.60. The molecular formula is C19H15BrO5. The summed E-state index contributed by atoms with van der Waals surface area (Å²) >= 11 is 3.34. The van der Waals surface area contributed by atoms with Crippen molar-refractivity contribution in [2.24, 2.45) is 0 Å². The molecule has 0 bridgehead atoms. The number of esters is 1. The number of carbonyl (C=O) groups is 1. The lowest BCUT2D eigenvalue weighted by Gasteiger charge is -2.14. The Morgan fingerprint density at radius 1 is 1.08 bits per heavy atom. The molecule has 0 amide bonds. The van der Waals surface area contributed by atoms with E-state index in [1.165, 1.54) is 12.1 Å². The lowest BCUT2D eigenvalue weighted by molar-refractivity contribution is -0.141. The maximum absolute atomic E-state index is 12.2. The smallest absolute Gasteiger partial charge is 0.352 e. The molecule has 1 heterocycles. The van der Waals surface area contributed by atoms with Gasteiger partial charge >= 0.3 is 11.6 Å². The van der Waals surface area contributed by atoms with Gasteiger partial charge in [0.05, 0.1) is 0 Å². The highest BCUT2D eigenvalue weighted by molar-refractivity contribution is 9.10. The molecule has 128 valence electrons. The fourth-order valence-electron chi connectivity index (χ4n) is 2.33. The van der Waals surface area contributed by atoms with Crippen molar-refractivity contribution >= 4 is 32.9 Å². The molecule has 0 saturated carbocycles. The number of hydrogen-bond donors (Lipinski definition) is 0. The lowest BCUT2D eigenvalue weighted by atomic mass is 10.1. The number of halogens is 1. The molecule has 3 aromatic rings. The zero-order valence-electron chi connectivity index (χ0n) is 13.6. The van der Waals surface area contributed by atoms with E-state index >= 15 is 0 Å². The maximum Gasteiger partial charge on any atom is 0.352 e. The minimum absolute atomic E-state index is 0.289. The first-order chi connectivity index (χ1) is 11.9. The molecule has 2 aromatic carbocycles. The molecule has 6 heteroatoms. The molecule has 0 aliphatic rings. The number of aryl methyl sites for hydroxylation is 1. The van der Waals surface area contributed by atoms with Crippen LogP contribution in [0.4, 0.5) is 0 Å². The van der Waals surface area contributed by atoms with Crippen molar-refractivity contribution in [1.82, 2.24) is 0 Å². The number of carbonyl (C=O) groups excluding carboxylic acids is 1. The molecule has 1 aromatic heterocycles. The zero-order chi connectivity index (χ0) is 18.0. The predicted octanol–water partition coefficient (Wildman–Crippen LogP) is 4.24. The quantitative estimate of drug-likeness (QED) is 0.371. The molecule has 0 aliphatic heterocycles. The van der Waals surface area contributed by atoms with E-state index in [0.29, 0.717) is 11.3 Å². The summed E-state index contributed by atoms with van der Waals surface area (Å²) in [5.41, 5.74) is 0.730. The highest BCUT2D eigenvalue weighted by Gasteiger charge is 2.18. The first-order valence-electron chi connectivity index (χ1n) is 7.61. The highest BCUT2D eigenvalue weighted by Crippen LogP contribution is 2.23. The first-order valence-corrected chi connectivity index (χ1v) is 8.40. The van der Waals surface area contributed by atoms with Crippen molar-refractivity contribution in [3.8, 4) is 11.5 Å². The summed E-state index contributed by atoms with van der Waals surface area (Å²) in [7, 11) is 0. The van der Waals surface area contributed by atoms with E-state index < -0.39 is 17.7 Å². The van der Waals surface area contributed by atoms with Gasteiger partial charge in [0.2, 0.25) is 0 Å². The highest BCUT2D eigenvalue weighted by atomic mass is 79.9. The van der Waals surface area contributed by atoms with Gasteiger partial charge in [-0.15, -0.1) is 0 Å². The van der Waals surface area contributed by atoms with Gasteiger partial charge in [-0.3, -0.25) is 0 Å². The number of hydrogen-bond acceptors (Lipinski definition) is 5. The van der Waals surface area contributed by atoms with Crippen LogP contribution in [0.3, 0.4) is 0 Å². The van der Waals surface area contributed by atoms with Gasteiger partial charge in [-0.2, -0.15) is 0 Å². The van der Waals surface area contributed by atoms with E-state index in [0.717, 1.165) is 15.4 Å². The minimum Gasteiger partial charge on any atom is -0.479 e. The lowest BCUT2D eigenvalue weighted by Crippen LogP contribution is -2.28. The number of benzene rings is 2. The average Bonchev–Trinajstić information content (AvgIpc) is 2.56. The van der Waals surface area contributed by atoms with Gasteiger partial charge in [0.25, 0.3) is 0 Å². The summed E-state index contributed by atoms with van der Waals surface area (Å²) < 4.78 is 17.0. The Bertz CT molecular complexity index is 975. The molecule has 0 N–H and O–H groups in total. The molecule has 1 atom stereocenters. The summed E-state index contributed by atoms with van der Waals surface area (Å²) in [5.74, 6) is 0.308. The van der Waals surface area contributed by atoms with Gasteiger partial charge in [0.1, 0.15) is 17.1 Å². The summed E-state index contributed by atoms with van der Waals surface area (Å²) in [6.45, 7) is 3.43. The van der Waals surface area contributed by atoms with Crippen molar-refractivity contribution in [2.75, 3.05) is 0 Å². The van der Waals surface area contributed by atoms with Gasteiger partial charge < -0.3 is 13.9 Å². The van der Waals surface area contributed by atoms with Crippen molar-refractivity contribution in [1.29, 1.82) is 0 Å². The van der Waals surface area contributed by atoms with Crippen LogP contribution < -0.4 is 15.1 Å². The zero-order valence-corrected chi connectivity index (χ0v) is 15.2. The maximum atomic E-state index is 12.2. The van der Waals surface area contributed by atoms with Crippen LogP contribution in [0, 0.1) is 6.92 Å². The molecule has 5 nitrogen and oxygen atoms in total. The number of rotatable bonds is 4. The van der Waals surface area contributed by atoms with Crippen molar-refractivity contribution in [3.63, 3.8) is 0 Å². The van der Waals surface area contributed by atoms with Crippen LogP contribution in [0.5, 0.6) is 11.5 Å². The minimum atomic E-state index is -0.790. The topological polar surface area (TPSA) is 65.7 Å². The summed E-state index contributed by atoms with van der Waals surface area (Å²) in [6.07, 6.45) is -0.790. The Balaban J connectivity index is 1.74. The monoisotopic (exact) mass is 402 g/mol. The van der Waals surface area contributed by atoms with E-state index in [1.54, 1.807) is 31.2 Å². The van der Waals surface area contributed by atoms with E-state index in [9.17, 15) is 9.59 Å². The van der Waals surface area contributed by atoms with Crippen LogP contribution in [0.1, 0.15) is 12.5 Å². The third kappa shape index (κ3) is 4.09. The van der Waals surface area contributed by atoms with Gasteiger partial charge in [0, 0.05) is 22.0 Å². The van der Waals surface area contributed by atoms with E-state index in [2.05, 4.69) is 15.9 Å². The summed E-state index contributed by atoms with van der Waals surface area (Å²) in [5, 5.41) is 0.790. The third-order valence-electron chi connectivity index (χ3n) is 3.60. The average molecular weight is 403 g/mol. The second-order valence-electron chi connectivity index (χ2n) is 5.54. The van der Waals surface area contributed by atoms with Crippen LogP contribution >= 0.6 is 15.9 Å². The van der Waals surface area contributed by atoms with Crippen LogP contribution in [-0.4, -0.2) is 12.1 Å². The molecule has 1 unspecified atom stereocenters. The Kier molecular flexibility index (Phi) is 4.90. The molecule has 0 spiro atoms. The van der Waals surface area contributed by atoms with Gasteiger partial charge in [0.15, 0.2) is 6.10 Å². The van der Waals surface area contributed by atoms with Crippen LogP contribution in [0.15, 0.2) is 62.2 Å². The Hall–Kier alpha value is -2.60. The third-order valence-corrected chi connectivity index (χ3v) is 4.13. The standard InChI is InChI=1S/C19H15BrO5/c1-11-9-18(21)25-17-10-15(7-8-16(11)17)24-19(22)12(2)23-14-5-3-13(20)4-6-14/h3-10,12H,1-2H3. The van der Waals surface area contributed by atoms with Crippen LogP contribution in [0.25, 0.3) is 11.0 Å². The normalized spacial score (nSPS) is 12.0. The van der Waals surface area contributed by atoms with Crippen molar-refractivity contribution in [2.45, 2.75) is 20.0 Å². The Morgan fingerprint density at radius 3 is 2.48 bits per heavy atom. The number of ether oxygens (including phenoxy) is 2. The number of fused-ring (bicyclic) bond motifs is 1.